The van der Waals surface area contributed by atoms with E-state index in [-0.39, 0.29) is 49.0 Å². The normalized spacial score (nSPS) is 13.6. The van der Waals surface area contributed by atoms with Crippen LogP contribution >= 0.6 is 7.82 Å². The zero-order valence-corrected chi connectivity index (χ0v) is 35.6. The first-order valence-corrected chi connectivity index (χ1v) is 21.4. The Morgan fingerprint density at radius 1 is 0.569 bits per heavy atom. The number of carbonyl (C=O) groups excluding carboxylic acids is 2. The molecule has 0 rings (SSSR count). The van der Waals surface area contributed by atoms with Gasteiger partial charge in [0.15, 0.2) is 6.10 Å². The molecule has 0 amide bonds. The second-order valence-corrected chi connectivity index (χ2v) is 14.4. The van der Waals surface area contributed by atoms with Crippen molar-refractivity contribution in [3.63, 3.8) is 0 Å². The Morgan fingerprint density at radius 2 is 0.961 bits per heavy atom. The summed E-state index contributed by atoms with van der Waals surface area (Å²) in [4.78, 5) is 44.6. The molecule has 0 aromatic carbocycles. The molecule has 0 spiro atoms. The zero-order chi connectivity index (χ0) is 36.8. The summed E-state index contributed by atoms with van der Waals surface area (Å²) in [5, 5.41) is 0. The van der Waals surface area contributed by atoms with Crippen molar-refractivity contribution in [2.24, 2.45) is 0 Å². The van der Waals surface area contributed by atoms with Crippen LogP contribution in [0.15, 0.2) is 48.6 Å². The number of hydrogen-bond donors (Lipinski definition) is 1. The van der Waals surface area contributed by atoms with Gasteiger partial charge < -0.3 is 23.8 Å². The fraction of sp³-hybridized carbons (Fsp3) is 0.756. The third-order valence-corrected chi connectivity index (χ3v) is 8.82. The maximum Gasteiger partial charge on any atom is 1.00 e. The molecule has 8 nitrogen and oxygen atoms in total. The molecule has 10 heteroatoms. The van der Waals surface area contributed by atoms with Crippen molar-refractivity contribution < 1.29 is 67.5 Å². The fourth-order valence-corrected chi connectivity index (χ4v) is 5.72. The third-order valence-electron chi connectivity index (χ3n) is 8.35. The Hall–Kier alpha value is -0.990. The number of ether oxygens (including phenoxy) is 2. The van der Waals surface area contributed by atoms with Crippen molar-refractivity contribution >= 4 is 19.8 Å². The summed E-state index contributed by atoms with van der Waals surface area (Å²) >= 11 is 0. The monoisotopic (exact) mass is 746 g/mol. The summed E-state index contributed by atoms with van der Waals surface area (Å²) in [6, 6.07) is 0. The molecule has 0 bridgehead atoms. The number of unbranched alkanes of at least 4 members (excludes halogenated alkanes) is 18. The van der Waals surface area contributed by atoms with Crippen molar-refractivity contribution in [1.82, 2.24) is 0 Å². The second kappa shape index (κ2) is 40.2. The van der Waals surface area contributed by atoms with Crippen LogP contribution in [0, 0.1) is 0 Å². The first-order chi connectivity index (χ1) is 24.3. The molecular formula is C41H72NaO8P. The summed E-state index contributed by atoms with van der Waals surface area (Å²) in [5.74, 6) is -0.984. The molecule has 0 aromatic heterocycles. The van der Waals surface area contributed by atoms with Gasteiger partial charge in [-0.1, -0.05) is 165 Å². The minimum atomic E-state index is -5.02. The zero-order valence-electron chi connectivity index (χ0n) is 32.7. The maximum absolute atomic E-state index is 12.3. The minimum Gasteiger partial charge on any atom is -0.756 e. The second-order valence-electron chi connectivity index (χ2n) is 13.2. The molecule has 0 fully saturated rings. The molecule has 0 aliphatic heterocycles. The largest absolute Gasteiger partial charge is 1.00 e. The smallest absolute Gasteiger partial charge is 0.756 e. The molecule has 0 saturated heterocycles. The number of carbonyl (C=O) groups is 2. The molecule has 1 N–H and O–H groups in total. The van der Waals surface area contributed by atoms with Crippen LogP contribution in [0.5, 0.6) is 0 Å². The van der Waals surface area contributed by atoms with Crippen LogP contribution in [0.2, 0.25) is 0 Å². The summed E-state index contributed by atoms with van der Waals surface area (Å²) < 4.78 is 26.0. The van der Waals surface area contributed by atoms with Gasteiger partial charge in [0.05, 0.1) is 6.61 Å². The van der Waals surface area contributed by atoms with Crippen LogP contribution in [0.25, 0.3) is 0 Å². The third kappa shape index (κ3) is 43.3. The molecule has 0 radical (unpaired) electrons. The molecule has 0 saturated carbocycles. The van der Waals surface area contributed by atoms with E-state index in [1.807, 2.05) is 12.2 Å². The minimum absolute atomic E-state index is 0. The average Bonchev–Trinajstić information content (AvgIpc) is 3.08. The molecule has 0 aliphatic carbocycles. The van der Waals surface area contributed by atoms with Crippen LogP contribution in [-0.4, -0.2) is 36.1 Å². The van der Waals surface area contributed by atoms with Crippen molar-refractivity contribution in [2.45, 2.75) is 187 Å². The van der Waals surface area contributed by atoms with Crippen LogP contribution in [0.3, 0.4) is 0 Å². The maximum atomic E-state index is 12.3. The molecule has 0 aliphatic rings. The van der Waals surface area contributed by atoms with Crippen LogP contribution in [0.4, 0.5) is 0 Å². The predicted octanol–water partition coefficient (Wildman–Crippen LogP) is 8.33. The first kappa shape index (κ1) is 52.1. The van der Waals surface area contributed by atoms with Gasteiger partial charge in [-0.2, -0.15) is 0 Å². The Bertz CT molecular complexity index is 959. The molecule has 0 heterocycles. The summed E-state index contributed by atoms with van der Waals surface area (Å²) in [6.07, 6.45) is 43.8. The van der Waals surface area contributed by atoms with Gasteiger partial charge in [0, 0.05) is 12.8 Å². The van der Waals surface area contributed by atoms with E-state index in [4.69, 9.17) is 14.4 Å². The number of phosphoric acid groups is 1. The first-order valence-electron chi connectivity index (χ1n) is 19.9. The van der Waals surface area contributed by atoms with Gasteiger partial charge in [-0.25, -0.2) is 0 Å². The van der Waals surface area contributed by atoms with Gasteiger partial charge in [0.2, 0.25) is 0 Å². The quantitative estimate of drug-likeness (QED) is 0.0223. The topological polar surface area (TPSA) is 122 Å². The molecule has 0 aromatic rings. The fourth-order valence-electron chi connectivity index (χ4n) is 5.36. The molecule has 2 atom stereocenters. The molecule has 51 heavy (non-hydrogen) atoms. The van der Waals surface area contributed by atoms with Gasteiger partial charge in [0.1, 0.15) is 6.61 Å². The van der Waals surface area contributed by atoms with E-state index in [9.17, 15) is 19.0 Å². The summed E-state index contributed by atoms with van der Waals surface area (Å²) in [5.41, 5.74) is 0. The Morgan fingerprint density at radius 3 is 1.43 bits per heavy atom. The number of allylic oxidation sites excluding steroid dienone is 8. The SMILES string of the molecule is CCCCC/C=C\C/C=C\C/C=C\C/C=C\CCCC(=O)O[C@H](COC(=O)CCCCCCCCCCCCCCCCC)COP(=O)([O-])O.[Na+]. The van der Waals surface area contributed by atoms with E-state index in [1.54, 1.807) is 0 Å². The van der Waals surface area contributed by atoms with E-state index in [2.05, 4.69) is 54.8 Å². The van der Waals surface area contributed by atoms with E-state index in [1.165, 1.54) is 103 Å². The predicted molar refractivity (Wildman–Crippen MR) is 205 cm³/mol. The Labute approximate surface area is 334 Å². The standard InChI is InChI=1S/C41H73O8P.Na/c1-3-5-7-9-11-13-15-17-19-20-22-24-26-28-30-32-34-36-41(43)49-39(38-48-50(44,45)46)37-47-40(42)35-33-31-29-27-25-23-21-18-16-14-12-10-8-6-4-2;/h11,13,17,19,22,24,28,30,39H,3-10,12,14-16,18,20-21,23,25-27,29,31-38H2,1-2H3,(H2,44,45,46);/q;+1/p-1/b13-11-,19-17-,24-22-,30-28-;/t39-;/m1./s1. The van der Waals surface area contributed by atoms with E-state index in [0.29, 0.717) is 19.3 Å². The van der Waals surface area contributed by atoms with E-state index >= 15 is 0 Å². The van der Waals surface area contributed by atoms with Gasteiger partial charge in [0.25, 0.3) is 7.82 Å². The van der Waals surface area contributed by atoms with Crippen LogP contribution < -0.4 is 34.5 Å². The van der Waals surface area contributed by atoms with Crippen molar-refractivity contribution in [1.29, 1.82) is 0 Å². The van der Waals surface area contributed by atoms with Crippen molar-refractivity contribution in [2.75, 3.05) is 13.2 Å². The number of rotatable bonds is 36. The van der Waals surface area contributed by atoms with Gasteiger partial charge >= 0.3 is 41.5 Å². The summed E-state index contributed by atoms with van der Waals surface area (Å²) in [6.45, 7) is 3.52. The summed E-state index contributed by atoms with van der Waals surface area (Å²) in [7, 11) is -5.02. The van der Waals surface area contributed by atoms with E-state index in [0.717, 1.165) is 32.1 Å². The average molecular weight is 747 g/mol. The van der Waals surface area contributed by atoms with Crippen molar-refractivity contribution in [3.05, 3.63) is 48.6 Å². The van der Waals surface area contributed by atoms with Gasteiger partial charge in [-0.15, -0.1) is 0 Å². The number of hydrogen-bond acceptors (Lipinski definition) is 7. The Balaban J connectivity index is 0. The van der Waals surface area contributed by atoms with Gasteiger partial charge in [-0.3, -0.25) is 14.2 Å². The molecule has 290 valence electrons. The molecular weight excluding hydrogens is 674 g/mol. The number of esters is 2. The van der Waals surface area contributed by atoms with E-state index < -0.39 is 32.5 Å². The number of phosphoric ester groups is 1. The Kier molecular flexibility index (Phi) is 41.1. The molecule has 1 unspecified atom stereocenters. The van der Waals surface area contributed by atoms with Crippen LogP contribution in [-0.2, 0) is 28.2 Å². The van der Waals surface area contributed by atoms with Gasteiger partial charge in [-0.05, 0) is 51.4 Å². The van der Waals surface area contributed by atoms with Crippen LogP contribution in [0.1, 0.15) is 181 Å². The van der Waals surface area contributed by atoms with Crippen molar-refractivity contribution in [3.8, 4) is 0 Å².